The van der Waals surface area contributed by atoms with Gasteiger partial charge in [-0.25, -0.2) is 19.3 Å². The van der Waals surface area contributed by atoms with E-state index in [1.54, 1.807) is 6.20 Å². The number of halogens is 1. The molecule has 3 atom stereocenters. The molecule has 2 fully saturated rings. The van der Waals surface area contributed by atoms with Gasteiger partial charge < -0.3 is 15.0 Å². The van der Waals surface area contributed by atoms with Crippen LogP contribution in [-0.2, 0) is 9.53 Å². The van der Waals surface area contributed by atoms with Crippen LogP contribution in [0.25, 0.3) is 0 Å². The number of ether oxygens (including phenoxy) is 1. The summed E-state index contributed by atoms with van der Waals surface area (Å²) in [6, 6.07) is 0. The first-order valence-electron chi connectivity index (χ1n) is 8.08. The van der Waals surface area contributed by atoms with Crippen molar-refractivity contribution in [3.8, 4) is 0 Å². The number of aromatic nitrogens is 4. The Bertz CT molecular complexity index is 744. The summed E-state index contributed by atoms with van der Waals surface area (Å²) >= 11 is 0. The summed E-state index contributed by atoms with van der Waals surface area (Å²) < 4.78 is 18.7. The van der Waals surface area contributed by atoms with Crippen LogP contribution in [0, 0.1) is 23.6 Å². The standard InChI is InChI=1S/C16H17FN6O2/c17-11-3-20-16(21-4-11)23-6-10-8-25-9-13(12(10)7-23)15(24)22-14-5-18-1-2-19-14/h1-5,10,12-13H,6-9H2,(H,19,22,24)/t10-,12-,13+/m0/s1. The monoisotopic (exact) mass is 344 g/mol. The van der Waals surface area contributed by atoms with Crippen molar-refractivity contribution in [3.05, 3.63) is 36.8 Å². The number of fused-ring (bicyclic) bond motifs is 1. The van der Waals surface area contributed by atoms with Gasteiger partial charge in [-0.2, -0.15) is 0 Å². The zero-order valence-electron chi connectivity index (χ0n) is 13.4. The van der Waals surface area contributed by atoms with E-state index in [2.05, 4.69) is 25.3 Å². The molecular formula is C16H17FN6O2. The number of nitrogens with zero attached hydrogens (tertiary/aromatic N) is 5. The molecule has 0 aromatic carbocycles. The SMILES string of the molecule is O=C(Nc1cnccn1)[C@@H]1COC[C@@H]2CN(c3ncc(F)cn3)C[C@@H]21. The second-order valence-electron chi connectivity index (χ2n) is 6.25. The molecule has 1 N–H and O–H groups in total. The predicted octanol–water partition coefficient (Wildman–Crippen LogP) is 0.743. The normalized spacial score (nSPS) is 25.5. The minimum absolute atomic E-state index is 0.124. The van der Waals surface area contributed by atoms with Crippen LogP contribution in [0.1, 0.15) is 0 Å². The highest BCUT2D eigenvalue weighted by atomic mass is 19.1. The summed E-state index contributed by atoms with van der Waals surface area (Å²) in [5.41, 5.74) is 0. The number of anilines is 2. The first-order chi connectivity index (χ1) is 12.2. The molecule has 2 aliphatic heterocycles. The second kappa shape index (κ2) is 6.67. The summed E-state index contributed by atoms with van der Waals surface area (Å²) in [5.74, 6) is 0.350. The van der Waals surface area contributed by atoms with E-state index >= 15 is 0 Å². The molecule has 1 amide bonds. The maximum absolute atomic E-state index is 13.0. The predicted molar refractivity (Wildman–Crippen MR) is 86.2 cm³/mol. The Morgan fingerprint density at radius 2 is 2.00 bits per heavy atom. The molecule has 130 valence electrons. The fraction of sp³-hybridized carbons (Fsp3) is 0.438. The summed E-state index contributed by atoms with van der Waals surface area (Å²) in [7, 11) is 0. The van der Waals surface area contributed by atoms with Crippen molar-refractivity contribution >= 4 is 17.7 Å². The van der Waals surface area contributed by atoms with E-state index in [-0.39, 0.29) is 23.7 Å². The van der Waals surface area contributed by atoms with Crippen molar-refractivity contribution < 1.29 is 13.9 Å². The minimum Gasteiger partial charge on any atom is -0.380 e. The van der Waals surface area contributed by atoms with Gasteiger partial charge in [-0.3, -0.25) is 9.78 Å². The zero-order chi connectivity index (χ0) is 17.2. The summed E-state index contributed by atoms with van der Waals surface area (Å²) in [6.07, 6.45) is 6.89. The van der Waals surface area contributed by atoms with E-state index in [0.717, 1.165) is 12.4 Å². The largest absolute Gasteiger partial charge is 0.380 e. The maximum atomic E-state index is 13.0. The van der Waals surface area contributed by atoms with Gasteiger partial charge in [0.1, 0.15) is 0 Å². The second-order valence-corrected chi connectivity index (χ2v) is 6.25. The quantitative estimate of drug-likeness (QED) is 0.878. The van der Waals surface area contributed by atoms with Crippen LogP contribution in [0.15, 0.2) is 31.0 Å². The molecule has 2 aromatic heterocycles. The number of hydrogen-bond donors (Lipinski definition) is 1. The minimum atomic E-state index is -0.468. The van der Waals surface area contributed by atoms with Crippen molar-refractivity contribution in [1.82, 2.24) is 19.9 Å². The van der Waals surface area contributed by atoms with E-state index in [1.165, 1.54) is 12.4 Å². The van der Waals surface area contributed by atoms with Crippen molar-refractivity contribution in [2.45, 2.75) is 0 Å². The molecule has 0 unspecified atom stereocenters. The lowest BCUT2D eigenvalue weighted by Gasteiger charge is -2.31. The highest BCUT2D eigenvalue weighted by Gasteiger charge is 2.44. The van der Waals surface area contributed by atoms with Gasteiger partial charge >= 0.3 is 0 Å². The molecule has 0 bridgehead atoms. The lowest BCUT2D eigenvalue weighted by molar-refractivity contribution is -0.128. The Balaban J connectivity index is 1.47. The van der Waals surface area contributed by atoms with Crippen molar-refractivity contribution in [2.75, 3.05) is 36.5 Å². The van der Waals surface area contributed by atoms with Gasteiger partial charge in [0, 0.05) is 31.4 Å². The van der Waals surface area contributed by atoms with Crippen LogP contribution in [0.5, 0.6) is 0 Å². The van der Waals surface area contributed by atoms with E-state index in [0.29, 0.717) is 38.1 Å². The molecule has 4 heterocycles. The Morgan fingerprint density at radius 1 is 1.16 bits per heavy atom. The van der Waals surface area contributed by atoms with Crippen LogP contribution in [0.2, 0.25) is 0 Å². The molecule has 0 aliphatic carbocycles. The van der Waals surface area contributed by atoms with Crippen LogP contribution in [0.3, 0.4) is 0 Å². The highest BCUT2D eigenvalue weighted by molar-refractivity contribution is 5.92. The van der Waals surface area contributed by atoms with Crippen LogP contribution in [-0.4, -0.2) is 52.1 Å². The molecule has 0 spiro atoms. The van der Waals surface area contributed by atoms with Crippen molar-refractivity contribution in [1.29, 1.82) is 0 Å². The third-order valence-corrected chi connectivity index (χ3v) is 4.68. The molecule has 9 heteroatoms. The molecular weight excluding hydrogens is 327 g/mol. The number of amides is 1. The third-order valence-electron chi connectivity index (χ3n) is 4.68. The topological polar surface area (TPSA) is 93.1 Å². The van der Waals surface area contributed by atoms with Gasteiger partial charge in [-0.1, -0.05) is 0 Å². The third kappa shape index (κ3) is 3.27. The Labute approximate surface area is 143 Å². The number of rotatable bonds is 3. The molecule has 2 aliphatic rings. The first-order valence-corrected chi connectivity index (χ1v) is 8.08. The van der Waals surface area contributed by atoms with Gasteiger partial charge in [0.15, 0.2) is 11.6 Å². The average molecular weight is 344 g/mol. The van der Waals surface area contributed by atoms with E-state index in [4.69, 9.17) is 4.74 Å². The summed E-state index contributed by atoms with van der Waals surface area (Å²) in [6.45, 7) is 2.28. The molecule has 0 saturated carbocycles. The smallest absolute Gasteiger partial charge is 0.231 e. The molecule has 8 nitrogen and oxygen atoms in total. The van der Waals surface area contributed by atoms with Gasteiger partial charge in [0.25, 0.3) is 0 Å². The van der Waals surface area contributed by atoms with Gasteiger partial charge in [0.05, 0.1) is 37.7 Å². The molecule has 2 saturated heterocycles. The average Bonchev–Trinajstić information content (AvgIpc) is 3.07. The van der Waals surface area contributed by atoms with E-state index < -0.39 is 5.82 Å². The van der Waals surface area contributed by atoms with Crippen LogP contribution in [0.4, 0.5) is 16.2 Å². The maximum Gasteiger partial charge on any atom is 0.231 e. The van der Waals surface area contributed by atoms with Crippen molar-refractivity contribution in [2.24, 2.45) is 17.8 Å². The lowest BCUT2D eigenvalue weighted by atomic mass is 9.82. The Hall–Kier alpha value is -2.68. The zero-order valence-corrected chi connectivity index (χ0v) is 13.4. The summed E-state index contributed by atoms with van der Waals surface area (Å²) in [5, 5.41) is 2.79. The van der Waals surface area contributed by atoms with Crippen LogP contribution >= 0.6 is 0 Å². The van der Waals surface area contributed by atoms with E-state index in [9.17, 15) is 9.18 Å². The fourth-order valence-corrected chi connectivity index (χ4v) is 3.48. The number of carbonyl (C=O) groups excluding carboxylic acids is 1. The number of nitrogens with one attached hydrogen (secondary N) is 1. The number of hydrogen-bond acceptors (Lipinski definition) is 7. The molecule has 2 aromatic rings. The molecule has 0 radical (unpaired) electrons. The summed E-state index contributed by atoms with van der Waals surface area (Å²) in [4.78, 5) is 30.7. The van der Waals surface area contributed by atoms with E-state index in [1.807, 2.05) is 4.90 Å². The molecule has 25 heavy (non-hydrogen) atoms. The van der Waals surface area contributed by atoms with Gasteiger partial charge in [0.2, 0.25) is 11.9 Å². The first kappa shape index (κ1) is 15.8. The van der Waals surface area contributed by atoms with Crippen LogP contribution < -0.4 is 10.2 Å². The fourth-order valence-electron chi connectivity index (χ4n) is 3.48. The lowest BCUT2D eigenvalue weighted by Crippen LogP contribution is -2.42. The van der Waals surface area contributed by atoms with Crippen molar-refractivity contribution in [3.63, 3.8) is 0 Å². The molecule has 4 rings (SSSR count). The Morgan fingerprint density at radius 3 is 2.76 bits per heavy atom. The van der Waals surface area contributed by atoms with Gasteiger partial charge in [-0.15, -0.1) is 0 Å². The Kier molecular flexibility index (Phi) is 4.22. The number of carbonyl (C=O) groups is 1. The highest BCUT2D eigenvalue weighted by Crippen LogP contribution is 2.35. The van der Waals surface area contributed by atoms with Gasteiger partial charge in [-0.05, 0) is 5.92 Å².